The summed E-state index contributed by atoms with van der Waals surface area (Å²) in [4.78, 5) is 3.66. The second-order valence-electron chi connectivity index (χ2n) is 4.20. The van der Waals surface area contributed by atoms with Gasteiger partial charge in [-0.3, -0.25) is 0 Å². The predicted molar refractivity (Wildman–Crippen MR) is 55.7 cm³/mol. The highest BCUT2D eigenvalue weighted by Crippen LogP contribution is 2.35. The van der Waals surface area contributed by atoms with Gasteiger partial charge in [0.05, 0.1) is 0 Å². The molecule has 0 radical (unpaired) electrons. The number of nitrogens with zero attached hydrogens (tertiary/aromatic N) is 1. The quantitative estimate of drug-likeness (QED) is 0.874. The number of halogens is 3. The van der Waals surface area contributed by atoms with Gasteiger partial charge in [-0.2, -0.15) is 13.2 Å². The van der Waals surface area contributed by atoms with E-state index in [-0.39, 0.29) is 24.0 Å². The van der Waals surface area contributed by atoms with E-state index >= 15 is 0 Å². The second kappa shape index (κ2) is 4.68. The van der Waals surface area contributed by atoms with Crippen LogP contribution in [-0.2, 0) is 12.6 Å². The maximum atomic E-state index is 12.7. The Hall–Kier alpha value is -1.04. The Balaban J connectivity index is 2.27. The second-order valence-corrected chi connectivity index (χ2v) is 4.20. The average molecular weight is 248 g/mol. The molecule has 1 aliphatic rings. The molecule has 96 valence electrons. The predicted octanol–water partition coefficient (Wildman–Crippen LogP) is 2.72. The fourth-order valence-corrected chi connectivity index (χ4v) is 2.07. The molecule has 0 bridgehead atoms. The van der Waals surface area contributed by atoms with E-state index in [4.69, 9.17) is 4.42 Å². The van der Waals surface area contributed by atoms with Crippen molar-refractivity contribution in [1.29, 1.82) is 0 Å². The molecule has 1 aromatic rings. The van der Waals surface area contributed by atoms with Crippen LogP contribution < -0.4 is 5.32 Å². The van der Waals surface area contributed by atoms with E-state index in [2.05, 4.69) is 10.3 Å². The number of oxazole rings is 1. The minimum absolute atomic E-state index is 0.0117. The lowest BCUT2D eigenvalue weighted by molar-refractivity contribution is -0.141. The first-order chi connectivity index (χ1) is 8.02. The molecule has 1 N–H and O–H groups in total. The highest BCUT2D eigenvalue weighted by Gasteiger charge is 2.39. The van der Waals surface area contributed by atoms with Crippen LogP contribution in [0.4, 0.5) is 13.2 Å². The molecule has 1 saturated heterocycles. The molecule has 0 amide bonds. The van der Waals surface area contributed by atoms with Gasteiger partial charge < -0.3 is 9.73 Å². The highest BCUT2D eigenvalue weighted by molar-refractivity contribution is 5.15. The minimum Gasteiger partial charge on any atom is -0.445 e. The summed E-state index contributed by atoms with van der Waals surface area (Å²) in [5, 5.41) is 3.16. The lowest BCUT2D eigenvalue weighted by atomic mass is 9.98. The lowest BCUT2D eigenvalue weighted by Crippen LogP contribution is -2.26. The van der Waals surface area contributed by atoms with Gasteiger partial charge in [0.15, 0.2) is 11.6 Å². The third-order valence-corrected chi connectivity index (χ3v) is 2.99. The van der Waals surface area contributed by atoms with Crippen molar-refractivity contribution in [2.24, 2.45) is 0 Å². The van der Waals surface area contributed by atoms with Gasteiger partial charge in [0.2, 0.25) is 0 Å². The summed E-state index contributed by atoms with van der Waals surface area (Å²) in [7, 11) is 0. The highest BCUT2D eigenvalue weighted by atomic mass is 19.4. The van der Waals surface area contributed by atoms with E-state index in [1.165, 1.54) is 0 Å². The smallest absolute Gasteiger partial charge is 0.436 e. The molecule has 2 heterocycles. The SMILES string of the molecule is CCc1oc(C2CCNCC2)nc1C(F)(F)F. The number of alkyl halides is 3. The Bertz CT molecular complexity index is 381. The first-order valence-corrected chi connectivity index (χ1v) is 5.80. The van der Waals surface area contributed by atoms with Gasteiger partial charge in [0.25, 0.3) is 0 Å². The molecule has 0 atom stereocenters. The number of nitrogens with one attached hydrogen (secondary N) is 1. The zero-order valence-electron chi connectivity index (χ0n) is 9.60. The van der Waals surface area contributed by atoms with Gasteiger partial charge in [-0.15, -0.1) is 0 Å². The Morgan fingerprint density at radius 1 is 1.35 bits per heavy atom. The molecule has 1 aromatic heterocycles. The normalized spacial score (nSPS) is 18.6. The van der Waals surface area contributed by atoms with Crippen molar-refractivity contribution in [2.45, 2.75) is 38.3 Å². The molecular formula is C11H15F3N2O. The van der Waals surface area contributed by atoms with Crippen molar-refractivity contribution in [2.75, 3.05) is 13.1 Å². The maximum Gasteiger partial charge on any atom is 0.436 e. The third kappa shape index (κ3) is 2.62. The fraction of sp³-hybridized carbons (Fsp3) is 0.727. The van der Waals surface area contributed by atoms with Crippen molar-refractivity contribution < 1.29 is 17.6 Å². The Morgan fingerprint density at radius 3 is 2.47 bits per heavy atom. The number of rotatable bonds is 2. The van der Waals surface area contributed by atoms with Gasteiger partial charge in [-0.05, 0) is 25.9 Å². The molecule has 17 heavy (non-hydrogen) atoms. The molecule has 0 spiro atoms. The van der Waals surface area contributed by atoms with Crippen molar-refractivity contribution >= 4 is 0 Å². The van der Waals surface area contributed by atoms with Gasteiger partial charge in [0, 0.05) is 12.3 Å². The largest absolute Gasteiger partial charge is 0.445 e. The van der Waals surface area contributed by atoms with Crippen LogP contribution in [0.1, 0.15) is 43.0 Å². The Morgan fingerprint density at radius 2 is 2.00 bits per heavy atom. The Kier molecular flexibility index (Phi) is 3.42. The van der Waals surface area contributed by atoms with Gasteiger partial charge in [0.1, 0.15) is 5.76 Å². The first kappa shape index (κ1) is 12.4. The van der Waals surface area contributed by atoms with Crippen LogP contribution in [0.3, 0.4) is 0 Å². The lowest BCUT2D eigenvalue weighted by Gasteiger charge is -2.19. The van der Waals surface area contributed by atoms with E-state index in [0.717, 1.165) is 25.9 Å². The summed E-state index contributed by atoms with van der Waals surface area (Å²) in [6, 6.07) is 0. The molecule has 0 aromatic carbocycles. The molecule has 3 nitrogen and oxygen atoms in total. The van der Waals surface area contributed by atoms with Crippen molar-refractivity contribution in [3.63, 3.8) is 0 Å². The van der Waals surface area contributed by atoms with Crippen molar-refractivity contribution in [1.82, 2.24) is 10.3 Å². The zero-order valence-corrected chi connectivity index (χ0v) is 9.60. The van der Waals surface area contributed by atoms with Crippen LogP contribution in [0.25, 0.3) is 0 Å². The topological polar surface area (TPSA) is 38.1 Å². The van der Waals surface area contributed by atoms with Crippen LogP contribution in [0.5, 0.6) is 0 Å². The molecule has 1 fully saturated rings. The molecule has 0 unspecified atom stereocenters. The number of hydrogen-bond acceptors (Lipinski definition) is 3. The maximum absolute atomic E-state index is 12.7. The summed E-state index contributed by atoms with van der Waals surface area (Å²) in [6.45, 7) is 3.24. The van der Waals surface area contributed by atoms with Crippen molar-refractivity contribution in [3.05, 3.63) is 17.3 Å². The van der Waals surface area contributed by atoms with E-state index in [1.54, 1.807) is 6.92 Å². The molecule has 2 rings (SSSR count). The van der Waals surface area contributed by atoms with E-state index in [0.29, 0.717) is 0 Å². The summed E-state index contributed by atoms with van der Waals surface area (Å²) in [6.07, 6.45) is -2.64. The minimum atomic E-state index is -4.42. The van der Waals surface area contributed by atoms with Gasteiger partial charge >= 0.3 is 6.18 Å². The van der Waals surface area contributed by atoms with E-state index in [9.17, 15) is 13.2 Å². The van der Waals surface area contributed by atoms with Crippen LogP contribution in [0.15, 0.2) is 4.42 Å². The molecule has 1 aliphatic heterocycles. The zero-order chi connectivity index (χ0) is 12.5. The van der Waals surface area contributed by atoms with Gasteiger partial charge in [-0.25, -0.2) is 4.98 Å². The van der Waals surface area contributed by atoms with Crippen LogP contribution in [-0.4, -0.2) is 18.1 Å². The van der Waals surface area contributed by atoms with Crippen LogP contribution >= 0.6 is 0 Å². The average Bonchev–Trinajstić information content (AvgIpc) is 2.74. The molecule has 6 heteroatoms. The number of hydrogen-bond donors (Lipinski definition) is 1. The van der Waals surface area contributed by atoms with Crippen molar-refractivity contribution in [3.8, 4) is 0 Å². The van der Waals surface area contributed by atoms with E-state index < -0.39 is 11.9 Å². The standard InChI is InChI=1S/C11H15F3N2O/c1-2-8-9(11(12,13)14)16-10(17-8)7-3-5-15-6-4-7/h7,15H,2-6H2,1H3. The van der Waals surface area contributed by atoms with Crippen LogP contribution in [0, 0.1) is 0 Å². The number of piperidine rings is 1. The summed E-state index contributed by atoms with van der Waals surface area (Å²) < 4.78 is 43.3. The summed E-state index contributed by atoms with van der Waals surface area (Å²) in [5.74, 6) is 0.208. The number of aryl methyl sites for hydroxylation is 1. The molecule has 0 saturated carbocycles. The van der Waals surface area contributed by atoms with Gasteiger partial charge in [-0.1, -0.05) is 6.92 Å². The fourth-order valence-electron chi connectivity index (χ4n) is 2.07. The summed E-state index contributed by atoms with van der Waals surface area (Å²) in [5.41, 5.74) is -0.853. The monoisotopic (exact) mass is 248 g/mol. The first-order valence-electron chi connectivity index (χ1n) is 5.80. The van der Waals surface area contributed by atoms with Crippen LogP contribution in [0.2, 0.25) is 0 Å². The Labute approximate surface area is 97.4 Å². The summed E-state index contributed by atoms with van der Waals surface area (Å²) >= 11 is 0. The molecule has 0 aliphatic carbocycles. The van der Waals surface area contributed by atoms with E-state index in [1.807, 2.05) is 0 Å². The molecular weight excluding hydrogens is 233 g/mol. The third-order valence-electron chi connectivity index (χ3n) is 2.99. The number of aromatic nitrogens is 1.